The Hall–Kier alpha value is -2.09. The number of aryl methyl sites for hydroxylation is 1. The molecule has 20 heavy (non-hydrogen) atoms. The maximum atomic E-state index is 8.90. The molecule has 0 atom stereocenters. The molecule has 0 saturated heterocycles. The molecule has 1 N–H and O–H groups in total. The van der Waals surface area contributed by atoms with Crippen molar-refractivity contribution in [2.24, 2.45) is 0 Å². The summed E-state index contributed by atoms with van der Waals surface area (Å²) in [6.45, 7) is 2.03. The highest BCUT2D eigenvalue weighted by atomic mass is 35.5. The van der Waals surface area contributed by atoms with Gasteiger partial charge in [-0.05, 0) is 55.0 Å². The second-order valence-electron chi connectivity index (χ2n) is 4.56. The van der Waals surface area contributed by atoms with E-state index in [1.165, 1.54) is 0 Å². The summed E-state index contributed by atoms with van der Waals surface area (Å²) in [4.78, 5) is 3.16. The summed E-state index contributed by atoms with van der Waals surface area (Å²) in [6.07, 6.45) is 0. The number of nitriles is 1. The standard InChI is InChI=1S/C15H10ClN3S/c1-9-2-4-12-14(6-9)19(15(20)18-12)13-5-3-10(8-17)7-11(13)16/h2-7H,1H3,(H,18,20). The molecule has 2 aromatic carbocycles. The first-order valence-electron chi connectivity index (χ1n) is 6.01. The van der Waals surface area contributed by atoms with E-state index < -0.39 is 0 Å². The normalized spacial score (nSPS) is 10.7. The maximum absolute atomic E-state index is 8.90. The van der Waals surface area contributed by atoms with E-state index in [1.54, 1.807) is 12.1 Å². The first-order chi connectivity index (χ1) is 9.60. The number of nitrogens with one attached hydrogen (secondary N) is 1. The molecule has 0 unspecified atom stereocenters. The van der Waals surface area contributed by atoms with Gasteiger partial charge in [0.15, 0.2) is 4.77 Å². The van der Waals surface area contributed by atoms with Crippen LogP contribution in [0.25, 0.3) is 16.7 Å². The number of nitrogens with zero attached hydrogens (tertiary/aromatic N) is 2. The summed E-state index contributed by atoms with van der Waals surface area (Å²) in [5.41, 5.74) is 4.38. The lowest BCUT2D eigenvalue weighted by Crippen LogP contribution is -1.95. The number of rotatable bonds is 1. The molecular formula is C15H10ClN3S. The van der Waals surface area contributed by atoms with Crippen LogP contribution in [0, 0.1) is 23.0 Å². The highest BCUT2D eigenvalue weighted by molar-refractivity contribution is 7.71. The van der Waals surface area contributed by atoms with Crippen molar-refractivity contribution < 1.29 is 0 Å². The lowest BCUT2D eigenvalue weighted by Gasteiger charge is -2.07. The third-order valence-corrected chi connectivity index (χ3v) is 3.74. The summed E-state index contributed by atoms with van der Waals surface area (Å²) in [6, 6.07) is 13.3. The van der Waals surface area contributed by atoms with Crippen molar-refractivity contribution in [2.45, 2.75) is 6.92 Å². The molecular weight excluding hydrogens is 290 g/mol. The largest absolute Gasteiger partial charge is 0.330 e. The summed E-state index contributed by atoms with van der Waals surface area (Å²) in [7, 11) is 0. The van der Waals surface area contributed by atoms with Crippen molar-refractivity contribution in [2.75, 3.05) is 0 Å². The Labute approximate surface area is 126 Å². The second kappa shape index (κ2) is 4.78. The minimum atomic E-state index is 0.502. The van der Waals surface area contributed by atoms with Gasteiger partial charge < -0.3 is 4.98 Å². The number of imidazole rings is 1. The van der Waals surface area contributed by atoms with Crippen molar-refractivity contribution in [1.82, 2.24) is 9.55 Å². The third kappa shape index (κ3) is 2.01. The van der Waals surface area contributed by atoms with Crippen LogP contribution in [0.5, 0.6) is 0 Å². The molecule has 0 aliphatic rings. The highest BCUT2D eigenvalue weighted by Crippen LogP contribution is 2.26. The topological polar surface area (TPSA) is 44.5 Å². The summed E-state index contributed by atoms with van der Waals surface area (Å²) in [5.74, 6) is 0. The smallest absolute Gasteiger partial charge is 0.182 e. The van der Waals surface area contributed by atoms with E-state index in [0.717, 1.165) is 22.3 Å². The second-order valence-corrected chi connectivity index (χ2v) is 5.36. The van der Waals surface area contributed by atoms with Crippen molar-refractivity contribution in [1.29, 1.82) is 5.26 Å². The number of fused-ring (bicyclic) bond motifs is 1. The maximum Gasteiger partial charge on any atom is 0.182 e. The Balaban J connectivity index is 2.35. The van der Waals surface area contributed by atoms with Gasteiger partial charge in [-0.3, -0.25) is 4.57 Å². The fourth-order valence-electron chi connectivity index (χ4n) is 2.21. The van der Waals surface area contributed by atoms with E-state index >= 15 is 0 Å². The molecule has 1 aromatic heterocycles. The van der Waals surface area contributed by atoms with Crippen LogP contribution >= 0.6 is 23.8 Å². The number of hydrogen-bond acceptors (Lipinski definition) is 2. The van der Waals surface area contributed by atoms with Crippen LogP contribution in [0.15, 0.2) is 36.4 Å². The zero-order chi connectivity index (χ0) is 14.3. The molecule has 1 heterocycles. The van der Waals surface area contributed by atoms with Gasteiger partial charge in [0.2, 0.25) is 0 Å². The van der Waals surface area contributed by atoms with Gasteiger partial charge in [0, 0.05) is 0 Å². The minimum absolute atomic E-state index is 0.502. The lowest BCUT2D eigenvalue weighted by atomic mass is 10.2. The van der Waals surface area contributed by atoms with E-state index in [2.05, 4.69) is 17.1 Å². The van der Waals surface area contributed by atoms with Crippen LogP contribution in [0.3, 0.4) is 0 Å². The van der Waals surface area contributed by atoms with Crippen molar-refractivity contribution in [3.63, 3.8) is 0 Å². The Bertz CT molecular complexity index is 915. The van der Waals surface area contributed by atoms with Gasteiger partial charge in [-0.1, -0.05) is 17.7 Å². The fourth-order valence-corrected chi connectivity index (χ4v) is 2.78. The molecule has 3 rings (SSSR count). The Morgan fingerprint density at radius 2 is 2.05 bits per heavy atom. The molecule has 0 aliphatic carbocycles. The van der Waals surface area contributed by atoms with E-state index in [1.807, 2.05) is 29.7 Å². The van der Waals surface area contributed by atoms with Gasteiger partial charge in [-0.15, -0.1) is 0 Å². The predicted octanol–water partition coefficient (Wildman–Crippen LogP) is 4.52. The molecule has 0 amide bonds. The number of aromatic amines is 1. The fraction of sp³-hybridized carbons (Fsp3) is 0.0667. The van der Waals surface area contributed by atoms with Gasteiger partial charge in [0.25, 0.3) is 0 Å². The number of aromatic nitrogens is 2. The molecule has 3 nitrogen and oxygen atoms in total. The third-order valence-electron chi connectivity index (χ3n) is 3.16. The van der Waals surface area contributed by atoms with E-state index in [0.29, 0.717) is 15.4 Å². The zero-order valence-electron chi connectivity index (χ0n) is 10.6. The van der Waals surface area contributed by atoms with Gasteiger partial charge in [0.1, 0.15) is 0 Å². The first-order valence-corrected chi connectivity index (χ1v) is 6.80. The predicted molar refractivity (Wildman–Crippen MR) is 82.9 cm³/mol. The summed E-state index contributed by atoms with van der Waals surface area (Å²) < 4.78 is 2.47. The van der Waals surface area contributed by atoms with Gasteiger partial charge in [0.05, 0.1) is 33.4 Å². The molecule has 0 aliphatic heterocycles. The minimum Gasteiger partial charge on any atom is -0.330 e. The van der Waals surface area contributed by atoms with Crippen molar-refractivity contribution >= 4 is 34.9 Å². The van der Waals surface area contributed by atoms with Crippen molar-refractivity contribution in [3.05, 3.63) is 57.3 Å². The number of H-pyrrole nitrogens is 1. The van der Waals surface area contributed by atoms with E-state index in [4.69, 9.17) is 29.1 Å². The van der Waals surface area contributed by atoms with Crippen LogP contribution in [-0.2, 0) is 0 Å². The lowest BCUT2D eigenvalue weighted by molar-refractivity contribution is 1.06. The molecule has 98 valence electrons. The molecule has 0 fully saturated rings. The van der Waals surface area contributed by atoms with Gasteiger partial charge in [-0.25, -0.2) is 0 Å². The van der Waals surface area contributed by atoms with E-state index in [-0.39, 0.29) is 0 Å². The Morgan fingerprint density at radius 1 is 1.25 bits per heavy atom. The average Bonchev–Trinajstić information content (AvgIpc) is 2.74. The zero-order valence-corrected chi connectivity index (χ0v) is 12.2. The van der Waals surface area contributed by atoms with Crippen LogP contribution in [0.1, 0.15) is 11.1 Å². The molecule has 0 radical (unpaired) electrons. The number of benzene rings is 2. The molecule has 0 spiro atoms. The molecule has 0 bridgehead atoms. The van der Waals surface area contributed by atoms with Crippen LogP contribution < -0.4 is 0 Å². The van der Waals surface area contributed by atoms with Crippen LogP contribution in [0.2, 0.25) is 5.02 Å². The Morgan fingerprint density at radius 3 is 2.75 bits per heavy atom. The van der Waals surface area contributed by atoms with Gasteiger partial charge >= 0.3 is 0 Å². The monoisotopic (exact) mass is 299 g/mol. The highest BCUT2D eigenvalue weighted by Gasteiger charge is 2.10. The van der Waals surface area contributed by atoms with E-state index in [9.17, 15) is 0 Å². The molecule has 3 aromatic rings. The quantitative estimate of drug-likeness (QED) is 0.671. The molecule has 5 heteroatoms. The van der Waals surface area contributed by atoms with Crippen molar-refractivity contribution in [3.8, 4) is 11.8 Å². The van der Waals surface area contributed by atoms with Crippen LogP contribution in [-0.4, -0.2) is 9.55 Å². The SMILES string of the molecule is Cc1ccc2[nH]c(=S)n(-c3ccc(C#N)cc3Cl)c2c1. The van der Waals surface area contributed by atoms with Crippen LogP contribution in [0.4, 0.5) is 0 Å². The summed E-state index contributed by atoms with van der Waals surface area (Å²) in [5, 5.41) is 9.41. The average molecular weight is 300 g/mol. The Kier molecular flexibility index (Phi) is 3.09. The first kappa shape index (κ1) is 12.9. The summed E-state index contributed by atoms with van der Waals surface area (Å²) >= 11 is 11.7. The number of halogens is 1. The van der Waals surface area contributed by atoms with Gasteiger partial charge in [-0.2, -0.15) is 5.26 Å². The number of hydrogen-bond donors (Lipinski definition) is 1. The molecule has 0 saturated carbocycles.